The van der Waals surface area contributed by atoms with Crippen molar-refractivity contribution in [2.45, 2.75) is 6.92 Å². The fourth-order valence-corrected chi connectivity index (χ4v) is 2.41. The molecule has 0 aliphatic heterocycles. The zero-order chi connectivity index (χ0) is 9.42. The lowest BCUT2D eigenvalue weighted by atomic mass is 10.3. The minimum Gasteiger partial charge on any atom is -0.376 e. The number of fused-ring (bicyclic) bond motifs is 1. The molecule has 0 unspecified atom stereocenters. The average Bonchev–Trinajstić information content (AvgIpc) is 2.43. The summed E-state index contributed by atoms with van der Waals surface area (Å²) < 4.78 is 1.28. The lowest BCUT2D eigenvalue weighted by molar-refractivity contribution is 1.14. The minimum atomic E-state index is 1.11. The van der Waals surface area contributed by atoms with Crippen LogP contribution in [0.15, 0.2) is 18.2 Å². The van der Waals surface area contributed by atoms with Crippen molar-refractivity contribution in [1.82, 2.24) is 4.98 Å². The number of thiazole rings is 1. The summed E-state index contributed by atoms with van der Waals surface area (Å²) in [7, 11) is 4.12. The van der Waals surface area contributed by atoms with Gasteiger partial charge in [-0.15, -0.1) is 11.3 Å². The fraction of sp³-hybridized carbons (Fsp3) is 0.300. The molecule has 0 N–H and O–H groups in total. The van der Waals surface area contributed by atoms with Crippen LogP contribution in [0.4, 0.5) is 5.69 Å². The second-order valence-corrected chi connectivity index (χ2v) is 4.46. The highest BCUT2D eigenvalue weighted by atomic mass is 32.1. The van der Waals surface area contributed by atoms with Gasteiger partial charge < -0.3 is 4.90 Å². The van der Waals surface area contributed by atoms with Gasteiger partial charge in [0.2, 0.25) is 0 Å². The number of rotatable bonds is 1. The highest BCUT2D eigenvalue weighted by Gasteiger charge is 2.05. The van der Waals surface area contributed by atoms with E-state index in [2.05, 4.69) is 42.2 Å². The molecule has 2 rings (SSSR count). The van der Waals surface area contributed by atoms with E-state index < -0.39 is 0 Å². The van der Waals surface area contributed by atoms with Crippen LogP contribution >= 0.6 is 11.3 Å². The second-order valence-electron chi connectivity index (χ2n) is 3.25. The molecule has 0 fully saturated rings. The Labute approximate surface area is 81.8 Å². The molecule has 0 saturated carbocycles. The number of benzene rings is 1. The van der Waals surface area contributed by atoms with Crippen molar-refractivity contribution in [2.75, 3.05) is 19.0 Å². The Bertz CT molecular complexity index is 431. The second kappa shape index (κ2) is 3.00. The first-order valence-electron chi connectivity index (χ1n) is 4.22. The highest BCUT2D eigenvalue weighted by molar-refractivity contribution is 7.19. The van der Waals surface area contributed by atoms with Crippen molar-refractivity contribution in [2.24, 2.45) is 0 Å². The molecule has 68 valence electrons. The molecule has 0 saturated heterocycles. The maximum absolute atomic E-state index is 4.45. The number of nitrogens with zero attached hydrogens (tertiary/aromatic N) is 2. The Hall–Kier alpha value is -1.09. The van der Waals surface area contributed by atoms with E-state index in [0.717, 1.165) is 10.5 Å². The van der Waals surface area contributed by atoms with Gasteiger partial charge in [-0.05, 0) is 19.1 Å². The average molecular weight is 192 g/mol. The van der Waals surface area contributed by atoms with Crippen molar-refractivity contribution in [1.29, 1.82) is 0 Å². The van der Waals surface area contributed by atoms with Gasteiger partial charge in [0.1, 0.15) is 0 Å². The van der Waals surface area contributed by atoms with Crippen molar-refractivity contribution in [3.8, 4) is 0 Å². The Kier molecular flexibility index (Phi) is 1.96. The predicted molar refractivity (Wildman–Crippen MR) is 58.7 cm³/mol. The summed E-state index contributed by atoms with van der Waals surface area (Å²) in [4.78, 5) is 6.57. The largest absolute Gasteiger partial charge is 0.376 e. The Morgan fingerprint density at radius 1 is 1.31 bits per heavy atom. The first kappa shape index (κ1) is 8.51. The number of aryl methyl sites for hydroxylation is 1. The van der Waals surface area contributed by atoms with Crippen LogP contribution in [-0.4, -0.2) is 19.1 Å². The third kappa shape index (κ3) is 1.40. The molecule has 3 heteroatoms. The summed E-state index contributed by atoms with van der Waals surface area (Å²) in [5.41, 5.74) is 2.36. The quantitative estimate of drug-likeness (QED) is 0.690. The van der Waals surface area contributed by atoms with Crippen LogP contribution in [0.2, 0.25) is 0 Å². The van der Waals surface area contributed by atoms with Crippen molar-refractivity contribution < 1.29 is 0 Å². The molecule has 1 aromatic heterocycles. The predicted octanol–water partition coefficient (Wildman–Crippen LogP) is 2.67. The smallest absolute Gasteiger partial charge is 0.0908 e. The maximum Gasteiger partial charge on any atom is 0.0908 e. The molecule has 1 aromatic carbocycles. The van der Waals surface area contributed by atoms with Crippen LogP contribution in [0, 0.1) is 6.92 Å². The zero-order valence-electron chi connectivity index (χ0n) is 8.03. The van der Waals surface area contributed by atoms with E-state index in [1.165, 1.54) is 10.4 Å². The minimum absolute atomic E-state index is 1.11. The fourth-order valence-electron chi connectivity index (χ4n) is 1.40. The number of hydrogen-bond acceptors (Lipinski definition) is 3. The summed E-state index contributed by atoms with van der Waals surface area (Å²) in [5.74, 6) is 0. The van der Waals surface area contributed by atoms with E-state index in [-0.39, 0.29) is 0 Å². The van der Waals surface area contributed by atoms with Crippen molar-refractivity contribution in [3.63, 3.8) is 0 Å². The zero-order valence-corrected chi connectivity index (χ0v) is 8.85. The highest BCUT2D eigenvalue weighted by Crippen LogP contribution is 2.30. The number of hydrogen-bond donors (Lipinski definition) is 0. The lowest BCUT2D eigenvalue weighted by Gasteiger charge is -2.12. The standard InChI is InChI=1S/C10H12N2S/c1-7-11-8-5-4-6-9(12(2)3)10(8)13-7/h4-6H,1-3H3. The molecule has 1 heterocycles. The monoisotopic (exact) mass is 192 g/mol. The summed E-state index contributed by atoms with van der Waals surface area (Å²) in [6, 6.07) is 6.24. The van der Waals surface area contributed by atoms with Gasteiger partial charge in [-0.1, -0.05) is 6.07 Å². The Balaban J connectivity index is 2.75. The van der Waals surface area contributed by atoms with E-state index in [0.29, 0.717) is 0 Å². The van der Waals surface area contributed by atoms with Gasteiger partial charge in [0.25, 0.3) is 0 Å². The van der Waals surface area contributed by atoms with Crippen LogP contribution in [0.3, 0.4) is 0 Å². The summed E-state index contributed by atoms with van der Waals surface area (Å²) >= 11 is 1.75. The van der Waals surface area contributed by atoms with Gasteiger partial charge in [-0.25, -0.2) is 4.98 Å². The van der Waals surface area contributed by atoms with Crippen molar-refractivity contribution >= 4 is 27.2 Å². The lowest BCUT2D eigenvalue weighted by Crippen LogP contribution is -2.08. The molecule has 0 aliphatic carbocycles. The number of anilines is 1. The summed E-state index contributed by atoms with van der Waals surface area (Å²) in [5, 5.41) is 1.13. The van der Waals surface area contributed by atoms with Gasteiger partial charge in [0.05, 0.1) is 20.9 Å². The number of aromatic nitrogens is 1. The molecule has 13 heavy (non-hydrogen) atoms. The molecule has 2 nitrogen and oxygen atoms in total. The third-order valence-electron chi connectivity index (χ3n) is 1.98. The van der Waals surface area contributed by atoms with E-state index in [1.54, 1.807) is 11.3 Å². The molecule has 0 amide bonds. The molecular formula is C10H12N2S. The van der Waals surface area contributed by atoms with E-state index in [9.17, 15) is 0 Å². The van der Waals surface area contributed by atoms with Crippen LogP contribution < -0.4 is 4.90 Å². The van der Waals surface area contributed by atoms with Gasteiger partial charge in [0.15, 0.2) is 0 Å². The third-order valence-corrected chi connectivity index (χ3v) is 2.99. The summed E-state index contributed by atoms with van der Waals surface area (Å²) in [6.07, 6.45) is 0. The van der Waals surface area contributed by atoms with Crippen molar-refractivity contribution in [3.05, 3.63) is 23.2 Å². The van der Waals surface area contributed by atoms with E-state index in [1.807, 2.05) is 6.92 Å². The first-order valence-corrected chi connectivity index (χ1v) is 5.03. The normalized spacial score (nSPS) is 10.7. The van der Waals surface area contributed by atoms with Crippen LogP contribution in [-0.2, 0) is 0 Å². The molecule has 0 atom stereocenters. The van der Waals surface area contributed by atoms with Crippen LogP contribution in [0.25, 0.3) is 10.2 Å². The van der Waals surface area contributed by atoms with Gasteiger partial charge in [-0.2, -0.15) is 0 Å². The maximum atomic E-state index is 4.45. The van der Waals surface area contributed by atoms with Gasteiger partial charge >= 0.3 is 0 Å². The SMILES string of the molecule is Cc1nc2cccc(N(C)C)c2s1. The van der Waals surface area contributed by atoms with Crippen LogP contribution in [0.1, 0.15) is 5.01 Å². The molecule has 2 aromatic rings. The summed E-state index contributed by atoms with van der Waals surface area (Å²) in [6.45, 7) is 2.05. The first-order chi connectivity index (χ1) is 6.18. The van der Waals surface area contributed by atoms with Gasteiger partial charge in [-0.3, -0.25) is 0 Å². The Morgan fingerprint density at radius 2 is 2.08 bits per heavy atom. The molecule has 0 aliphatic rings. The van der Waals surface area contributed by atoms with Gasteiger partial charge in [0, 0.05) is 14.1 Å². The van der Waals surface area contributed by atoms with Crippen LogP contribution in [0.5, 0.6) is 0 Å². The molecule has 0 radical (unpaired) electrons. The molecular weight excluding hydrogens is 180 g/mol. The topological polar surface area (TPSA) is 16.1 Å². The van der Waals surface area contributed by atoms with E-state index in [4.69, 9.17) is 0 Å². The van der Waals surface area contributed by atoms with E-state index >= 15 is 0 Å². The molecule has 0 spiro atoms. The molecule has 0 bridgehead atoms. The Morgan fingerprint density at radius 3 is 2.77 bits per heavy atom.